The summed E-state index contributed by atoms with van der Waals surface area (Å²) in [6.07, 6.45) is 29.0. The number of rotatable bonds is 15. The summed E-state index contributed by atoms with van der Waals surface area (Å²) in [7, 11) is -4.30. The van der Waals surface area contributed by atoms with Gasteiger partial charge in [0.25, 0.3) is 0 Å². The zero-order valence-corrected chi connectivity index (χ0v) is 16.2. The maximum absolute atomic E-state index is 10.5. The van der Waals surface area contributed by atoms with Crippen LogP contribution in [0.3, 0.4) is 0 Å². The smallest absolute Gasteiger partial charge is 0.303 e. The Morgan fingerprint density at radius 3 is 1.60 bits per heavy atom. The van der Waals surface area contributed by atoms with Crippen LogP contribution >= 0.6 is 7.82 Å². The van der Waals surface area contributed by atoms with Crippen molar-refractivity contribution >= 4 is 7.82 Å². The van der Waals surface area contributed by atoms with Crippen LogP contribution in [0.25, 0.3) is 0 Å². The average Bonchev–Trinajstić information content (AvgIpc) is 2.56. The molecule has 0 aliphatic carbocycles. The molecule has 0 unspecified atom stereocenters. The summed E-state index contributed by atoms with van der Waals surface area (Å²) in [5.74, 6) is 0. The van der Waals surface area contributed by atoms with Crippen LogP contribution in [-0.4, -0.2) is 16.4 Å². The average molecular weight is 368 g/mol. The SMILES string of the molecule is CC/C=C/C/C=C/C/C=C/C/C=C/C/C=C/CCCCOP(=O)(O)O. The Labute approximate surface area is 152 Å². The maximum Gasteiger partial charge on any atom is 0.469 e. The summed E-state index contributed by atoms with van der Waals surface area (Å²) < 4.78 is 14.8. The topological polar surface area (TPSA) is 66.8 Å². The molecule has 2 N–H and O–H groups in total. The molecule has 0 aliphatic heterocycles. The van der Waals surface area contributed by atoms with Gasteiger partial charge in [0.2, 0.25) is 0 Å². The van der Waals surface area contributed by atoms with Crippen molar-refractivity contribution in [2.45, 2.75) is 58.3 Å². The molecule has 0 saturated heterocycles. The standard InChI is InChI=1S/C20H33O4P/c1-2-3-4-5-6-7-8-9-10-11-12-13-14-15-16-17-18-19-20-24-25(21,22)23/h3-4,6-7,9-10,12-13,15-16H,2,5,8,11,14,17-20H2,1H3,(H2,21,22,23)/b4-3+,7-6+,10-9+,13-12+,16-15+. The Balaban J connectivity index is 3.46. The van der Waals surface area contributed by atoms with E-state index < -0.39 is 7.82 Å². The van der Waals surface area contributed by atoms with Crippen LogP contribution in [-0.2, 0) is 9.09 Å². The van der Waals surface area contributed by atoms with E-state index in [4.69, 9.17) is 9.79 Å². The molecule has 4 nitrogen and oxygen atoms in total. The summed E-state index contributed by atoms with van der Waals surface area (Å²) in [4.78, 5) is 17.0. The van der Waals surface area contributed by atoms with Crippen molar-refractivity contribution in [2.75, 3.05) is 6.61 Å². The van der Waals surface area contributed by atoms with E-state index in [9.17, 15) is 4.57 Å². The summed E-state index contributed by atoms with van der Waals surface area (Å²) in [5.41, 5.74) is 0. The van der Waals surface area contributed by atoms with E-state index in [1.54, 1.807) is 0 Å². The maximum atomic E-state index is 10.5. The van der Waals surface area contributed by atoms with E-state index in [0.717, 1.165) is 44.9 Å². The minimum Gasteiger partial charge on any atom is -0.303 e. The van der Waals surface area contributed by atoms with Gasteiger partial charge in [0.05, 0.1) is 6.61 Å². The van der Waals surface area contributed by atoms with Gasteiger partial charge in [-0.15, -0.1) is 0 Å². The van der Waals surface area contributed by atoms with Gasteiger partial charge < -0.3 is 9.79 Å². The van der Waals surface area contributed by atoms with Gasteiger partial charge in [-0.2, -0.15) is 0 Å². The highest BCUT2D eigenvalue weighted by Crippen LogP contribution is 2.35. The molecule has 0 aliphatic rings. The van der Waals surface area contributed by atoms with Crippen molar-refractivity contribution in [3.05, 3.63) is 60.8 Å². The first-order valence-corrected chi connectivity index (χ1v) is 10.5. The van der Waals surface area contributed by atoms with E-state index in [2.05, 4.69) is 72.2 Å². The molecule has 0 saturated carbocycles. The quantitative estimate of drug-likeness (QED) is 0.211. The largest absolute Gasteiger partial charge is 0.469 e. The van der Waals surface area contributed by atoms with Crippen LogP contribution in [0.2, 0.25) is 0 Å². The van der Waals surface area contributed by atoms with E-state index in [1.807, 2.05) is 0 Å². The fourth-order valence-electron chi connectivity index (χ4n) is 1.92. The van der Waals surface area contributed by atoms with Gasteiger partial charge in [-0.25, -0.2) is 4.57 Å². The van der Waals surface area contributed by atoms with Gasteiger partial charge in [0, 0.05) is 0 Å². The molecule has 0 rings (SSSR count). The van der Waals surface area contributed by atoms with Crippen LogP contribution in [0.15, 0.2) is 60.8 Å². The van der Waals surface area contributed by atoms with Crippen molar-refractivity contribution < 1.29 is 18.9 Å². The second-order valence-electron chi connectivity index (χ2n) is 5.53. The zero-order valence-electron chi connectivity index (χ0n) is 15.3. The van der Waals surface area contributed by atoms with Crippen molar-refractivity contribution in [3.63, 3.8) is 0 Å². The highest BCUT2D eigenvalue weighted by Gasteiger charge is 2.11. The van der Waals surface area contributed by atoms with Crippen LogP contribution in [0, 0.1) is 0 Å². The van der Waals surface area contributed by atoms with Crippen LogP contribution in [0.4, 0.5) is 0 Å². The molecule has 142 valence electrons. The molecule has 0 atom stereocenters. The Morgan fingerprint density at radius 1 is 0.720 bits per heavy atom. The fraction of sp³-hybridized carbons (Fsp3) is 0.500. The minimum atomic E-state index is -4.30. The number of hydrogen-bond acceptors (Lipinski definition) is 2. The number of phosphoric ester groups is 1. The molecular formula is C20H33O4P. The third-order valence-corrected chi connectivity index (χ3v) is 3.70. The van der Waals surface area contributed by atoms with Crippen molar-refractivity contribution in [1.82, 2.24) is 0 Å². The van der Waals surface area contributed by atoms with Crippen LogP contribution < -0.4 is 0 Å². The molecule has 0 amide bonds. The molecule has 0 aromatic carbocycles. The Bertz CT molecular complexity index is 484. The van der Waals surface area contributed by atoms with E-state index >= 15 is 0 Å². The third-order valence-electron chi connectivity index (χ3n) is 3.18. The van der Waals surface area contributed by atoms with Crippen molar-refractivity contribution in [1.29, 1.82) is 0 Å². The Hall–Kier alpha value is -1.19. The van der Waals surface area contributed by atoms with Crippen LogP contribution in [0.5, 0.6) is 0 Å². The Morgan fingerprint density at radius 2 is 1.16 bits per heavy atom. The summed E-state index contributed by atoms with van der Waals surface area (Å²) in [5, 5.41) is 0. The first-order valence-electron chi connectivity index (χ1n) is 9.01. The molecular weight excluding hydrogens is 335 g/mol. The molecule has 0 aromatic heterocycles. The van der Waals surface area contributed by atoms with Crippen LogP contribution in [0.1, 0.15) is 58.3 Å². The molecule has 0 spiro atoms. The monoisotopic (exact) mass is 368 g/mol. The minimum absolute atomic E-state index is 0.106. The lowest BCUT2D eigenvalue weighted by Crippen LogP contribution is -1.91. The number of phosphoric acid groups is 1. The molecule has 0 bridgehead atoms. The fourth-order valence-corrected chi connectivity index (χ4v) is 2.28. The Kier molecular flexibility index (Phi) is 16.8. The van der Waals surface area contributed by atoms with Gasteiger partial charge in [-0.3, -0.25) is 4.52 Å². The highest BCUT2D eigenvalue weighted by atomic mass is 31.2. The number of hydrogen-bond donors (Lipinski definition) is 2. The summed E-state index contributed by atoms with van der Waals surface area (Å²) >= 11 is 0. The molecule has 0 fully saturated rings. The molecule has 0 aromatic rings. The van der Waals surface area contributed by atoms with Gasteiger partial charge in [-0.1, -0.05) is 67.7 Å². The van der Waals surface area contributed by atoms with Gasteiger partial charge in [0.15, 0.2) is 0 Å². The lowest BCUT2D eigenvalue weighted by Gasteiger charge is -2.03. The van der Waals surface area contributed by atoms with E-state index in [0.29, 0.717) is 6.42 Å². The normalized spacial score (nSPS) is 13.6. The lowest BCUT2D eigenvalue weighted by atomic mass is 10.2. The van der Waals surface area contributed by atoms with Crippen molar-refractivity contribution in [2.24, 2.45) is 0 Å². The molecule has 0 radical (unpaired) electrons. The van der Waals surface area contributed by atoms with Gasteiger partial charge in [0.1, 0.15) is 0 Å². The first-order chi connectivity index (χ1) is 12.1. The van der Waals surface area contributed by atoms with Crippen molar-refractivity contribution in [3.8, 4) is 0 Å². The number of unbranched alkanes of at least 4 members (excludes halogenated alkanes) is 2. The second kappa shape index (κ2) is 17.6. The summed E-state index contributed by atoms with van der Waals surface area (Å²) in [6.45, 7) is 2.25. The number of allylic oxidation sites excluding steroid dienone is 10. The first kappa shape index (κ1) is 23.8. The van der Waals surface area contributed by atoms with Gasteiger partial charge >= 0.3 is 7.82 Å². The van der Waals surface area contributed by atoms with E-state index in [-0.39, 0.29) is 6.61 Å². The second-order valence-corrected chi connectivity index (χ2v) is 6.77. The van der Waals surface area contributed by atoms with Gasteiger partial charge in [-0.05, 0) is 51.4 Å². The predicted octanol–water partition coefficient (Wildman–Crippen LogP) is 6.02. The molecule has 25 heavy (non-hydrogen) atoms. The zero-order chi connectivity index (χ0) is 18.6. The lowest BCUT2D eigenvalue weighted by molar-refractivity contribution is 0.194. The summed E-state index contributed by atoms with van der Waals surface area (Å²) in [6, 6.07) is 0. The highest BCUT2D eigenvalue weighted by molar-refractivity contribution is 7.46. The predicted molar refractivity (Wildman–Crippen MR) is 106 cm³/mol. The molecule has 0 heterocycles. The third kappa shape index (κ3) is 22.8. The molecule has 5 heteroatoms. The van der Waals surface area contributed by atoms with E-state index in [1.165, 1.54) is 0 Å².